The molecule has 4 rings (SSSR count). The lowest BCUT2D eigenvalue weighted by molar-refractivity contribution is -0.0686. The van der Waals surface area contributed by atoms with Gasteiger partial charge in [0.05, 0.1) is 12.1 Å². The van der Waals surface area contributed by atoms with Gasteiger partial charge >= 0.3 is 12.2 Å². The van der Waals surface area contributed by atoms with Gasteiger partial charge in [0, 0.05) is 14.2 Å². The van der Waals surface area contributed by atoms with E-state index < -0.39 is 36.5 Å². The minimum Gasteiger partial charge on any atom is -0.445 e. The molecule has 0 heterocycles. The normalized spacial score (nSPS) is 13.6. The third-order valence-electron chi connectivity index (χ3n) is 7.85. The molecule has 0 fully saturated rings. The molecule has 0 radical (unpaired) electrons. The summed E-state index contributed by atoms with van der Waals surface area (Å²) < 4.78 is 23.4. The van der Waals surface area contributed by atoms with E-state index >= 15 is 0 Å². The van der Waals surface area contributed by atoms with Crippen molar-refractivity contribution in [3.63, 3.8) is 0 Å². The Hall–Kier alpha value is -4.66. The molecule has 2 amide bonds. The van der Waals surface area contributed by atoms with Crippen LogP contribution in [-0.4, -0.2) is 50.7 Å². The van der Waals surface area contributed by atoms with E-state index in [1.54, 1.807) is 14.2 Å². The van der Waals surface area contributed by atoms with Crippen LogP contribution in [0.5, 0.6) is 0 Å². The molecular formula is C38H44N2O6. The van der Waals surface area contributed by atoms with Gasteiger partial charge in [-0.15, -0.1) is 0 Å². The van der Waals surface area contributed by atoms with Gasteiger partial charge in [0.2, 0.25) is 0 Å². The number of aryl methyl sites for hydroxylation is 2. The van der Waals surface area contributed by atoms with E-state index in [2.05, 4.69) is 10.6 Å². The van der Waals surface area contributed by atoms with Gasteiger partial charge in [0.15, 0.2) is 0 Å². The van der Waals surface area contributed by atoms with Crippen LogP contribution in [0.3, 0.4) is 0 Å². The van der Waals surface area contributed by atoms with Crippen LogP contribution in [0.2, 0.25) is 0 Å². The smallest absolute Gasteiger partial charge is 0.407 e. The van der Waals surface area contributed by atoms with Gasteiger partial charge in [-0.05, 0) is 48.9 Å². The van der Waals surface area contributed by atoms with Crippen LogP contribution in [0.4, 0.5) is 9.59 Å². The number of amides is 2. The summed E-state index contributed by atoms with van der Waals surface area (Å²) in [6.45, 7) is 4.30. The number of hydrogen-bond acceptors (Lipinski definition) is 6. The average molecular weight is 625 g/mol. The fourth-order valence-electron chi connectivity index (χ4n) is 5.34. The van der Waals surface area contributed by atoms with E-state index in [-0.39, 0.29) is 13.2 Å². The summed E-state index contributed by atoms with van der Waals surface area (Å²) in [7, 11) is 3.15. The fourth-order valence-corrected chi connectivity index (χ4v) is 5.34. The SMILES string of the molecule is CO[C@H]([C@@H](OC)[C@@H](Cc1ccc(C)cc1)NC(=O)OCc1ccccc1)[C@@H](Cc1ccc(C)cc1)NC(=O)OCc1ccccc1. The summed E-state index contributed by atoms with van der Waals surface area (Å²) in [5.41, 5.74) is 6.02. The molecular weight excluding hydrogens is 580 g/mol. The third kappa shape index (κ3) is 10.8. The summed E-state index contributed by atoms with van der Waals surface area (Å²) in [6.07, 6.45) is -1.64. The Morgan fingerprint density at radius 1 is 0.522 bits per heavy atom. The van der Waals surface area contributed by atoms with Crippen LogP contribution in [-0.2, 0) is 45.0 Å². The molecule has 8 heteroatoms. The van der Waals surface area contributed by atoms with Gasteiger partial charge in [-0.25, -0.2) is 9.59 Å². The number of ether oxygens (including phenoxy) is 4. The van der Waals surface area contributed by atoms with E-state index in [4.69, 9.17) is 18.9 Å². The summed E-state index contributed by atoms with van der Waals surface area (Å²) in [5, 5.41) is 6.06. The number of carbonyl (C=O) groups excluding carboxylic acids is 2. The first-order chi connectivity index (χ1) is 22.3. The van der Waals surface area contributed by atoms with Gasteiger partial charge in [-0.3, -0.25) is 0 Å². The highest BCUT2D eigenvalue weighted by Gasteiger charge is 2.38. The zero-order valence-corrected chi connectivity index (χ0v) is 27.0. The van der Waals surface area contributed by atoms with Crippen LogP contribution < -0.4 is 10.6 Å². The molecule has 8 nitrogen and oxygen atoms in total. The third-order valence-corrected chi connectivity index (χ3v) is 7.85. The second-order valence-corrected chi connectivity index (χ2v) is 11.4. The first kappa shape index (κ1) is 34.2. The Labute approximate surface area is 272 Å². The summed E-state index contributed by atoms with van der Waals surface area (Å²) in [5.74, 6) is 0. The number of rotatable bonds is 15. The van der Waals surface area contributed by atoms with Crippen LogP contribution in [0, 0.1) is 13.8 Å². The summed E-state index contributed by atoms with van der Waals surface area (Å²) in [4.78, 5) is 26.3. The molecule has 0 aliphatic heterocycles. The summed E-state index contributed by atoms with van der Waals surface area (Å²) in [6, 6.07) is 34.1. The van der Waals surface area contributed by atoms with Gasteiger partial charge < -0.3 is 29.6 Å². The highest BCUT2D eigenvalue weighted by Crippen LogP contribution is 2.20. The molecule has 0 saturated heterocycles. The minimum absolute atomic E-state index is 0.125. The molecule has 0 bridgehead atoms. The van der Waals surface area contributed by atoms with Crippen molar-refractivity contribution in [3.8, 4) is 0 Å². The second kappa shape index (κ2) is 17.7. The molecule has 0 aliphatic carbocycles. The average Bonchev–Trinajstić information content (AvgIpc) is 3.07. The van der Waals surface area contributed by atoms with Crippen LogP contribution in [0.15, 0.2) is 109 Å². The van der Waals surface area contributed by atoms with Gasteiger partial charge in [0.1, 0.15) is 25.4 Å². The Balaban J connectivity index is 1.58. The van der Waals surface area contributed by atoms with Crippen molar-refractivity contribution < 1.29 is 28.5 Å². The largest absolute Gasteiger partial charge is 0.445 e. The quantitative estimate of drug-likeness (QED) is 0.153. The maximum atomic E-state index is 13.2. The molecule has 4 aromatic rings. The van der Waals surface area contributed by atoms with Crippen molar-refractivity contribution in [2.24, 2.45) is 0 Å². The maximum Gasteiger partial charge on any atom is 0.407 e. The molecule has 46 heavy (non-hydrogen) atoms. The first-order valence-electron chi connectivity index (χ1n) is 15.5. The van der Waals surface area contributed by atoms with Crippen molar-refractivity contribution in [3.05, 3.63) is 143 Å². The number of hydrogen-bond donors (Lipinski definition) is 2. The highest BCUT2D eigenvalue weighted by molar-refractivity contribution is 5.68. The lowest BCUT2D eigenvalue weighted by Gasteiger charge is -2.37. The number of alkyl carbamates (subject to hydrolysis) is 2. The zero-order valence-electron chi connectivity index (χ0n) is 27.0. The fraction of sp³-hybridized carbons (Fsp3) is 0.316. The van der Waals surface area contributed by atoms with Crippen molar-refractivity contribution in [2.75, 3.05) is 14.2 Å². The van der Waals surface area contributed by atoms with Gasteiger partial charge in [0.25, 0.3) is 0 Å². The Bertz CT molecular complexity index is 1360. The molecule has 242 valence electrons. The number of nitrogens with one attached hydrogen (secondary N) is 2. The predicted octanol–water partition coefficient (Wildman–Crippen LogP) is 6.71. The van der Waals surface area contributed by atoms with Crippen molar-refractivity contribution >= 4 is 12.2 Å². The molecule has 4 atom stereocenters. The lowest BCUT2D eigenvalue weighted by atomic mass is 9.90. The standard InChI is InChI=1S/C38H44N2O6/c1-27-15-19-29(20-16-27)23-33(39-37(41)45-25-31-11-7-5-8-12-31)35(43-3)36(44-4)34(24-30-21-17-28(2)18-22-30)40-38(42)46-26-32-13-9-6-10-14-32/h5-22,33-36H,23-26H2,1-4H3,(H,39,41)(H,40,42)/t33-,34-,35+,36+/m1/s1. The first-order valence-corrected chi connectivity index (χ1v) is 15.5. The van der Waals surface area contributed by atoms with Crippen molar-refractivity contribution in [1.82, 2.24) is 10.6 Å². The molecule has 0 spiro atoms. The minimum atomic E-state index is -0.680. The van der Waals surface area contributed by atoms with E-state index in [9.17, 15) is 9.59 Å². The Morgan fingerprint density at radius 2 is 0.870 bits per heavy atom. The maximum absolute atomic E-state index is 13.2. The monoisotopic (exact) mass is 624 g/mol. The number of carbonyl (C=O) groups is 2. The van der Waals surface area contributed by atoms with Crippen molar-refractivity contribution in [1.29, 1.82) is 0 Å². The van der Waals surface area contributed by atoms with Gasteiger partial charge in [-0.1, -0.05) is 120 Å². The number of methoxy groups -OCH3 is 2. The van der Waals surface area contributed by atoms with Crippen LogP contribution >= 0.6 is 0 Å². The zero-order chi connectivity index (χ0) is 32.7. The van der Waals surface area contributed by atoms with E-state index in [0.717, 1.165) is 33.4 Å². The molecule has 0 unspecified atom stereocenters. The van der Waals surface area contributed by atoms with Gasteiger partial charge in [-0.2, -0.15) is 0 Å². The lowest BCUT2D eigenvalue weighted by Crippen LogP contribution is -2.58. The van der Waals surface area contributed by atoms with E-state index in [1.807, 2.05) is 123 Å². The predicted molar refractivity (Wildman–Crippen MR) is 178 cm³/mol. The molecule has 0 aromatic heterocycles. The molecule has 4 aromatic carbocycles. The summed E-state index contributed by atoms with van der Waals surface area (Å²) >= 11 is 0. The highest BCUT2D eigenvalue weighted by atomic mass is 16.6. The van der Waals surface area contributed by atoms with E-state index in [0.29, 0.717) is 12.8 Å². The molecule has 2 N–H and O–H groups in total. The van der Waals surface area contributed by atoms with Crippen molar-refractivity contribution in [2.45, 2.75) is 64.2 Å². The Kier molecular flexibility index (Phi) is 13.2. The van der Waals surface area contributed by atoms with Crippen LogP contribution in [0.1, 0.15) is 33.4 Å². The number of benzene rings is 4. The topological polar surface area (TPSA) is 95.1 Å². The second-order valence-electron chi connectivity index (χ2n) is 11.4. The molecule has 0 aliphatic rings. The van der Waals surface area contributed by atoms with E-state index in [1.165, 1.54) is 0 Å². The molecule has 0 saturated carbocycles. The Morgan fingerprint density at radius 3 is 1.20 bits per heavy atom. The van der Waals surface area contributed by atoms with Crippen LogP contribution in [0.25, 0.3) is 0 Å².